The summed E-state index contributed by atoms with van der Waals surface area (Å²) in [6.07, 6.45) is 3.57. The van der Waals surface area contributed by atoms with Gasteiger partial charge >= 0.3 is 0 Å². The molecule has 1 saturated carbocycles. The summed E-state index contributed by atoms with van der Waals surface area (Å²) in [5.41, 5.74) is 3.47. The van der Waals surface area contributed by atoms with E-state index in [-0.39, 0.29) is 0 Å². The Morgan fingerprint density at radius 1 is 0.862 bits per heavy atom. The number of rotatable bonds is 8. The van der Waals surface area contributed by atoms with Crippen molar-refractivity contribution in [2.45, 2.75) is 19.3 Å². The van der Waals surface area contributed by atoms with Gasteiger partial charge in [-0.3, -0.25) is 4.90 Å². The van der Waals surface area contributed by atoms with E-state index in [4.69, 9.17) is 24.2 Å². The molecule has 6 nitrogen and oxygen atoms in total. The highest BCUT2D eigenvalue weighted by atomic mass is 16.5. The molecule has 2 aromatic carbocycles. The highest BCUT2D eigenvalue weighted by Crippen LogP contribution is 2.30. The van der Waals surface area contributed by atoms with Crippen molar-refractivity contribution in [2.24, 2.45) is 5.92 Å². The number of morpholine rings is 1. The van der Waals surface area contributed by atoms with E-state index >= 15 is 0 Å². The van der Waals surface area contributed by atoms with Crippen molar-refractivity contribution < 1.29 is 14.2 Å². The SMILES string of the molecule is c1cc2nc3ccc(OCC4CC4)cc3nc2cc1OCCCN1CCOCC1. The van der Waals surface area contributed by atoms with Crippen molar-refractivity contribution in [3.8, 4) is 11.5 Å². The van der Waals surface area contributed by atoms with E-state index in [9.17, 15) is 0 Å². The van der Waals surface area contributed by atoms with E-state index in [0.29, 0.717) is 6.61 Å². The summed E-state index contributed by atoms with van der Waals surface area (Å²) in [5, 5.41) is 0. The predicted molar refractivity (Wildman–Crippen MR) is 113 cm³/mol. The minimum absolute atomic E-state index is 0.697. The second-order valence-corrected chi connectivity index (χ2v) is 7.94. The first-order valence-corrected chi connectivity index (χ1v) is 10.6. The van der Waals surface area contributed by atoms with Crippen LogP contribution < -0.4 is 9.47 Å². The lowest BCUT2D eigenvalue weighted by Crippen LogP contribution is -2.37. The fraction of sp³-hybridized carbons (Fsp3) is 0.478. The van der Waals surface area contributed by atoms with Crippen molar-refractivity contribution in [1.82, 2.24) is 14.9 Å². The summed E-state index contributed by atoms with van der Waals surface area (Å²) >= 11 is 0. The summed E-state index contributed by atoms with van der Waals surface area (Å²) in [7, 11) is 0. The summed E-state index contributed by atoms with van der Waals surface area (Å²) in [6.45, 7) is 6.26. The lowest BCUT2D eigenvalue weighted by atomic mass is 10.2. The van der Waals surface area contributed by atoms with Gasteiger partial charge in [-0.25, -0.2) is 9.97 Å². The molecule has 2 fully saturated rings. The molecule has 1 aromatic heterocycles. The van der Waals surface area contributed by atoms with Crippen LogP contribution in [0.1, 0.15) is 19.3 Å². The largest absolute Gasteiger partial charge is 0.493 e. The van der Waals surface area contributed by atoms with Crippen LogP contribution in [0.25, 0.3) is 22.1 Å². The molecule has 0 bridgehead atoms. The minimum atomic E-state index is 0.697. The number of fused-ring (bicyclic) bond motifs is 2. The smallest absolute Gasteiger partial charge is 0.121 e. The standard InChI is InChI=1S/C23H27N3O3/c1(8-26-9-12-27-13-10-26)11-28-18-4-6-20-22(14-18)25-23-15-19(5-7-21(23)24-20)29-16-17-2-3-17/h4-7,14-15,17H,1-3,8-13,16H2. The lowest BCUT2D eigenvalue weighted by molar-refractivity contribution is 0.0358. The summed E-state index contributed by atoms with van der Waals surface area (Å²) < 4.78 is 17.2. The average molecular weight is 393 g/mol. The zero-order chi connectivity index (χ0) is 19.5. The molecule has 6 heteroatoms. The van der Waals surface area contributed by atoms with Gasteiger partial charge in [0, 0.05) is 31.8 Å². The Morgan fingerprint density at radius 2 is 1.52 bits per heavy atom. The maximum Gasteiger partial charge on any atom is 0.121 e. The Labute approximate surface area is 170 Å². The molecule has 5 rings (SSSR count). The lowest BCUT2D eigenvalue weighted by Gasteiger charge is -2.26. The van der Waals surface area contributed by atoms with E-state index in [1.54, 1.807) is 0 Å². The first kappa shape index (κ1) is 18.6. The molecule has 0 amide bonds. The Morgan fingerprint density at radius 3 is 2.21 bits per heavy atom. The van der Waals surface area contributed by atoms with Gasteiger partial charge in [0.15, 0.2) is 0 Å². The van der Waals surface area contributed by atoms with Crippen molar-refractivity contribution in [2.75, 3.05) is 46.1 Å². The molecule has 3 aromatic rings. The monoisotopic (exact) mass is 393 g/mol. The molecule has 1 saturated heterocycles. The van der Waals surface area contributed by atoms with Crippen molar-refractivity contribution in [1.29, 1.82) is 0 Å². The third kappa shape index (κ3) is 4.77. The highest BCUT2D eigenvalue weighted by Gasteiger charge is 2.22. The summed E-state index contributed by atoms with van der Waals surface area (Å²) in [5.74, 6) is 2.44. The Bertz CT molecular complexity index is 984. The van der Waals surface area contributed by atoms with Crippen LogP contribution in [0.4, 0.5) is 0 Å². The minimum Gasteiger partial charge on any atom is -0.493 e. The first-order chi connectivity index (χ1) is 14.3. The average Bonchev–Trinajstić information content (AvgIpc) is 3.59. The van der Waals surface area contributed by atoms with Crippen LogP contribution in [0.2, 0.25) is 0 Å². The van der Waals surface area contributed by atoms with E-state index in [0.717, 1.165) is 85.4 Å². The van der Waals surface area contributed by atoms with Crippen LogP contribution in [0.5, 0.6) is 11.5 Å². The number of hydrogen-bond donors (Lipinski definition) is 0. The molecule has 1 aliphatic carbocycles. The molecular formula is C23H27N3O3. The maximum atomic E-state index is 5.96. The van der Waals surface area contributed by atoms with E-state index < -0.39 is 0 Å². The topological polar surface area (TPSA) is 56.7 Å². The van der Waals surface area contributed by atoms with E-state index in [2.05, 4.69) is 4.90 Å². The Balaban J connectivity index is 1.24. The highest BCUT2D eigenvalue weighted by molar-refractivity contribution is 5.87. The van der Waals surface area contributed by atoms with Gasteiger partial charge in [0.1, 0.15) is 11.5 Å². The first-order valence-electron chi connectivity index (χ1n) is 10.6. The van der Waals surface area contributed by atoms with Gasteiger partial charge in [0.25, 0.3) is 0 Å². The van der Waals surface area contributed by atoms with Crippen LogP contribution in [0.3, 0.4) is 0 Å². The molecule has 29 heavy (non-hydrogen) atoms. The molecule has 1 aliphatic heterocycles. The van der Waals surface area contributed by atoms with Gasteiger partial charge in [-0.05, 0) is 49.4 Å². The third-order valence-electron chi connectivity index (χ3n) is 5.55. The fourth-order valence-corrected chi connectivity index (χ4v) is 3.62. The zero-order valence-corrected chi connectivity index (χ0v) is 16.7. The normalized spacial score (nSPS) is 17.7. The maximum absolute atomic E-state index is 5.96. The van der Waals surface area contributed by atoms with Crippen LogP contribution in [-0.2, 0) is 4.74 Å². The van der Waals surface area contributed by atoms with Gasteiger partial charge in [0.05, 0.1) is 48.5 Å². The van der Waals surface area contributed by atoms with Crippen LogP contribution in [0, 0.1) is 5.92 Å². The molecule has 0 unspecified atom stereocenters. The molecule has 2 aliphatic rings. The number of hydrogen-bond acceptors (Lipinski definition) is 6. The molecular weight excluding hydrogens is 366 g/mol. The van der Waals surface area contributed by atoms with E-state index in [1.807, 2.05) is 36.4 Å². The molecule has 0 radical (unpaired) electrons. The van der Waals surface area contributed by atoms with Crippen LogP contribution >= 0.6 is 0 Å². The van der Waals surface area contributed by atoms with Gasteiger partial charge < -0.3 is 14.2 Å². The second-order valence-electron chi connectivity index (χ2n) is 7.94. The Kier molecular flexibility index (Phi) is 5.45. The van der Waals surface area contributed by atoms with Crippen molar-refractivity contribution in [3.05, 3.63) is 36.4 Å². The molecule has 0 N–H and O–H groups in total. The van der Waals surface area contributed by atoms with E-state index in [1.165, 1.54) is 12.8 Å². The Hall–Kier alpha value is -2.44. The quantitative estimate of drug-likeness (QED) is 0.430. The van der Waals surface area contributed by atoms with Crippen LogP contribution in [-0.4, -0.2) is 60.9 Å². The second kappa shape index (κ2) is 8.51. The zero-order valence-electron chi connectivity index (χ0n) is 16.7. The van der Waals surface area contributed by atoms with Crippen molar-refractivity contribution in [3.63, 3.8) is 0 Å². The molecule has 0 spiro atoms. The third-order valence-corrected chi connectivity index (χ3v) is 5.55. The predicted octanol–water partition coefficient (Wildman–Crippen LogP) is 3.67. The van der Waals surface area contributed by atoms with Gasteiger partial charge in [0.2, 0.25) is 0 Å². The van der Waals surface area contributed by atoms with Gasteiger partial charge in [-0.1, -0.05) is 0 Å². The molecule has 0 atom stereocenters. The van der Waals surface area contributed by atoms with Gasteiger partial charge in [-0.2, -0.15) is 0 Å². The van der Waals surface area contributed by atoms with Gasteiger partial charge in [-0.15, -0.1) is 0 Å². The number of benzene rings is 2. The number of nitrogens with zero attached hydrogens (tertiary/aromatic N) is 3. The molecule has 152 valence electrons. The summed E-state index contributed by atoms with van der Waals surface area (Å²) in [6, 6.07) is 11.9. The number of ether oxygens (including phenoxy) is 3. The van der Waals surface area contributed by atoms with Crippen LogP contribution in [0.15, 0.2) is 36.4 Å². The van der Waals surface area contributed by atoms with Crippen molar-refractivity contribution >= 4 is 22.1 Å². The number of aromatic nitrogens is 2. The molecule has 2 heterocycles. The summed E-state index contributed by atoms with van der Waals surface area (Å²) in [4.78, 5) is 12.0. The fourth-order valence-electron chi connectivity index (χ4n) is 3.62.